The van der Waals surface area contributed by atoms with Crippen LogP contribution in [-0.4, -0.2) is 21.9 Å². The van der Waals surface area contributed by atoms with Crippen molar-refractivity contribution in [2.75, 3.05) is 11.1 Å². The third kappa shape index (κ3) is 4.30. The van der Waals surface area contributed by atoms with Gasteiger partial charge >= 0.3 is 6.01 Å². The van der Waals surface area contributed by atoms with E-state index in [9.17, 15) is 4.79 Å². The first kappa shape index (κ1) is 17.3. The summed E-state index contributed by atoms with van der Waals surface area (Å²) in [5.74, 6) is 0.223. The van der Waals surface area contributed by atoms with Gasteiger partial charge in [-0.05, 0) is 25.1 Å². The molecule has 0 saturated carbocycles. The first-order valence-electron chi connectivity index (χ1n) is 6.79. The van der Waals surface area contributed by atoms with Crippen LogP contribution in [-0.2, 0) is 4.79 Å². The molecule has 5 nitrogen and oxygen atoms in total. The number of rotatable bonds is 5. The number of hydrogen-bond donors (Lipinski definition) is 1. The van der Waals surface area contributed by atoms with Crippen LogP contribution in [0.3, 0.4) is 0 Å². The quantitative estimate of drug-likeness (QED) is 0.601. The van der Waals surface area contributed by atoms with Gasteiger partial charge in [0.05, 0.1) is 15.7 Å². The van der Waals surface area contributed by atoms with E-state index >= 15 is 0 Å². The predicted molar refractivity (Wildman–Crippen MR) is 98.2 cm³/mol. The van der Waals surface area contributed by atoms with E-state index in [0.717, 1.165) is 4.90 Å². The Morgan fingerprint density at radius 2 is 2.04 bits per heavy atom. The molecular formula is C15H11Cl2N3O2S2. The van der Waals surface area contributed by atoms with Gasteiger partial charge < -0.3 is 4.42 Å². The lowest BCUT2D eigenvalue weighted by Gasteiger charge is -2.01. The molecule has 0 fully saturated rings. The van der Waals surface area contributed by atoms with Crippen LogP contribution in [0.2, 0.25) is 8.67 Å². The fraction of sp³-hybridized carbons (Fsp3) is 0.133. The number of thioether (sulfide) groups is 1. The second-order valence-corrected chi connectivity index (χ2v) is 8.13. The van der Waals surface area contributed by atoms with Crippen molar-refractivity contribution in [3.63, 3.8) is 0 Å². The molecule has 2 aromatic heterocycles. The third-order valence-electron chi connectivity index (χ3n) is 2.95. The van der Waals surface area contributed by atoms with Gasteiger partial charge in [0, 0.05) is 4.90 Å². The molecule has 1 N–H and O–H groups in total. The van der Waals surface area contributed by atoms with Gasteiger partial charge in [-0.3, -0.25) is 10.1 Å². The number of thiophene rings is 1. The van der Waals surface area contributed by atoms with Crippen molar-refractivity contribution in [1.29, 1.82) is 0 Å². The van der Waals surface area contributed by atoms with Crippen molar-refractivity contribution >= 4 is 58.2 Å². The number of aryl methyl sites for hydroxylation is 1. The first-order valence-corrected chi connectivity index (χ1v) is 9.35. The molecule has 0 aliphatic rings. The fourth-order valence-electron chi connectivity index (χ4n) is 1.81. The van der Waals surface area contributed by atoms with Crippen LogP contribution >= 0.6 is 46.3 Å². The molecule has 24 heavy (non-hydrogen) atoms. The fourth-order valence-corrected chi connectivity index (χ4v) is 3.95. The number of amides is 1. The smallest absolute Gasteiger partial charge is 0.322 e. The highest BCUT2D eigenvalue weighted by Crippen LogP contribution is 2.37. The number of hydrogen-bond acceptors (Lipinski definition) is 6. The number of anilines is 1. The predicted octanol–water partition coefficient (Wildman–Crippen LogP) is 5.14. The maximum atomic E-state index is 12.0. The summed E-state index contributed by atoms with van der Waals surface area (Å²) >= 11 is 14.6. The summed E-state index contributed by atoms with van der Waals surface area (Å²) in [4.78, 5) is 13.0. The zero-order valence-corrected chi connectivity index (χ0v) is 15.5. The summed E-state index contributed by atoms with van der Waals surface area (Å²) in [7, 11) is 0. The van der Waals surface area contributed by atoms with Gasteiger partial charge in [0.2, 0.25) is 5.91 Å². The number of nitrogens with one attached hydrogen (secondary N) is 1. The summed E-state index contributed by atoms with van der Waals surface area (Å²) in [6.07, 6.45) is 0. The van der Waals surface area contributed by atoms with Crippen LogP contribution in [0, 0.1) is 6.92 Å². The van der Waals surface area contributed by atoms with E-state index in [1.807, 2.05) is 31.2 Å². The monoisotopic (exact) mass is 399 g/mol. The van der Waals surface area contributed by atoms with E-state index in [4.69, 9.17) is 27.6 Å². The Kier molecular flexibility index (Phi) is 5.45. The Balaban J connectivity index is 1.59. The third-order valence-corrected chi connectivity index (χ3v) is 5.45. The van der Waals surface area contributed by atoms with Gasteiger partial charge in [0.25, 0.3) is 5.89 Å². The molecule has 124 valence electrons. The van der Waals surface area contributed by atoms with Gasteiger partial charge in [-0.2, -0.15) is 0 Å². The van der Waals surface area contributed by atoms with Crippen molar-refractivity contribution in [3.05, 3.63) is 44.6 Å². The Hall–Kier alpha value is -1.54. The Morgan fingerprint density at radius 1 is 1.29 bits per heavy atom. The molecule has 0 atom stereocenters. The van der Waals surface area contributed by atoms with Crippen LogP contribution in [0.4, 0.5) is 6.01 Å². The van der Waals surface area contributed by atoms with Crippen LogP contribution < -0.4 is 5.32 Å². The molecule has 0 radical (unpaired) electrons. The molecule has 2 heterocycles. The number of benzene rings is 1. The minimum Gasteiger partial charge on any atom is -0.403 e. The lowest BCUT2D eigenvalue weighted by atomic mass is 10.2. The van der Waals surface area contributed by atoms with E-state index in [1.54, 1.807) is 6.07 Å². The van der Waals surface area contributed by atoms with Crippen LogP contribution in [0.25, 0.3) is 11.5 Å². The van der Waals surface area contributed by atoms with E-state index in [-0.39, 0.29) is 23.6 Å². The van der Waals surface area contributed by atoms with Gasteiger partial charge in [0.15, 0.2) is 0 Å². The molecule has 0 unspecified atom stereocenters. The Bertz CT molecular complexity index is 862. The second kappa shape index (κ2) is 7.57. The number of aromatic nitrogens is 2. The molecular weight excluding hydrogens is 389 g/mol. The first-order chi connectivity index (χ1) is 11.5. The highest BCUT2D eigenvalue weighted by Gasteiger charge is 2.16. The SMILES string of the molecule is Cc1ccc(SCC(=O)Nc2nnc(-c3cc(Cl)sc3Cl)o2)cc1. The zero-order chi connectivity index (χ0) is 17.1. The molecule has 1 aromatic carbocycles. The zero-order valence-electron chi connectivity index (χ0n) is 12.4. The van der Waals surface area contributed by atoms with Gasteiger partial charge in [-0.25, -0.2) is 0 Å². The van der Waals surface area contributed by atoms with Gasteiger partial charge in [-0.15, -0.1) is 28.2 Å². The van der Waals surface area contributed by atoms with Crippen LogP contribution in [0.5, 0.6) is 0 Å². The topological polar surface area (TPSA) is 68.0 Å². The highest BCUT2D eigenvalue weighted by molar-refractivity contribution is 8.00. The molecule has 3 aromatic rings. The van der Waals surface area contributed by atoms with Gasteiger partial charge in [-0.1, -0.05) is 46.0 Å². The molecule has 0 aliphatic heterocycles. The van der Waals surface area contributed by atoms with E-state index in [0.29, 0.717) is 14.2 Å². The lowest BCUT2D eigenvalue weighted by Crippen LogP contribution is -2.14. The summed E-state index contributed by atoms with van der Waals surface area (Å²) in [6, 6.07) is 9.61. The average molecular weight is 400 g/mol. The number of carbonyl (C=O) groups excluding carboxylic acids is 1. The Morgan fingerprint density at radius 3 is 2.71 bits per heavy atom. The molecule has 9 heteroatoms. The van der Waals surface area contributed by atoms with Gasteiger partial charge in [0.1, 0.15) is 4.34 Å². The number of halogens is 2. The molecule has 0 saturated heterocycles. The Labute approximate surface area is 156 Å². The highest BCUT2D eigenvalue weighted by atomic mass is 35.5. The van der Waals surface area contributed by atoms with E-state index in [1.165, 1.54) is 28.7 Å². The van der Waals surface area contributed by atoms with Crippen molar-refractivity contribution in [3.8, 4) is 11.5 Å². The second-order valence-electron chi connectivity index (χ2n) is 4.80. The average Bonchev–Trinajstić information content (AvgIpc) is 3.12. The maximum absolute atomic E-state index is 12.0. The summed E-state index contributed by atoms with van der Waals surface area (Å²) < 4.78 is 6.38. The summed E-state index contributed by atoms with van der Waals surface area (Å²) in [6.45, 7) is 2.02. The van der Waals surface area contributed by atoms with Crippen LogP contribution in [0.15, 0.2) is 39.6 Å². The molecule has 3 rings (SSSR count). The molecule has 0 bridgehead atoms. The summed E-state index contributed by atoms with van der Waals surface area (Å²) in [5.41, 5.74) is 1.73. The lowest BCUT2D eigenvalue weighted by molar-refractivity contribution is -0.113. The summed E-state index contributed by atoms with van der Waals surface area (Å²) in [5, 5.41) is 10.2. The minimum atomic E-state index is -0.231. The molecule has 1 amide bonds. The number of nitrogens with zero attached hydrogens (tertiary/aromatic N) is 2. The van der Waals surface area contributed by atoms with E-state index in [2.05, 4.69) is 15.5 Å². The molecule has 0 spiro atoms. The standard InChI is InChI=1S/C15H11Cl2N3O2S2/c1-8-2-4-9(5-3-8)23-7-12(21)18-15-20-19-14(22-15)10-6-11(16)24-13(10)17/h2-6H,7H2,1H3,(H,18,20,21). The maximum Gasteiger partial charge on any atom is 0.322 e. The molecule has 0 aliphatic carbocycles. The van der Waals surface area contributed by atoms with Crippen molar-refractivity contribution in [2.45, 2.75) is 11.8 Å². The minimum absolute atomic E-state index is 0.0258. The largest absolute Gasteiger partial charge is 0.403 e. The van der Waals surface area contributed by atoms with Crippen molar-refractivity contribution in [2.24, 2.45) is 0 Å². The number of carbonyl (C=O) groups is 1. The van der Waals surface area contributed by atoms with Crippen LogP contribution in [0.1, 0.15) is 5.56 Å². The normalized spacial score (nSPS) is 10.8. The van der Waals surface area contributed by atoms with Crippen molar-refractivity contribution in [1.82, 2.24) is 10.2 Å². The van der Waals surface area contributed by atoms with Crippen molar-refractivity contribution < 1.29 is 9.21 Å². The van der Waals surface area contributed by atoms with E-state index < -0.39 is 0 Å².